The van der Waals surface area contributed by atoms with E-state index in [1.165, 1.54) is 6.08 Å². The highest BCUT2D eigenvalue weighted by atomic mass is 35.5. The summed E-state index contributed by atoms with van der Waals surface area (Å²) in [5.41, 5.74) is 0.434. The molecule has 1 aromatic heterocycles. The summed E-state index contributed by atoms with van der Waals surface area (Å²) in [5.74, 6) is 0.647. The van der Waals surface area contributed by atoms with Crippen LogP contribution in [-0.2, 0) is 14.6 Å². The lowest BCUT2D eigenvalue weighted by molar-refractivity contribution is -0.112. The zero-order valence-electron chi connectivity index (χ0n) is 17.9. The molecule has 0 aliphatic heterocycles. The van der Waals surface area contributed by atoms with Crippen LogP contribution < -0.4 is 14.8 Å². The average Bonchev–Trinajstić information content (AvgIpc) is 3.28. The summed E-state index contributed by atoms with van der Waals surface area (Å²) >= 11 is 6.54. The van der Waals surface area contributed by atoms with Gasteiger partial charge in [0.05, 0.1) is 13.2 Å². The molecular weight excluding hydrogens is 500 g/mol. The van der Waals surface area contributed by atoms with Crippen LogP contribution in [0.3, 0.4) is 0 Å². The molecule has 3 aromatic rings. The fraction of sp³-hybridized carbons (Fsp3) is 0.182. The molecule has 1 N–H and O–H groups in total. The van der Waals surface area contributed by atoms with Gasteiger partial charge >= 0.3 is 0 Å². The number of hydrogen-bond acceptors (Lipinski definition) is 9. The first-order valence-corrected chi connectivity index (χ1v) is 12.9. The number of halogens is 1. The molecule has 0 fully saturated rings. The van der Waals surface area contributed by atoms with E-state index in [2.05, 4.69) is 15.5 Å². The number of sulfone groups is 1. The summed E-state index contributed by atoms with van der Waals surface area (Å²) in [7, 11) is -3.53. The Balaban J connectivity index is 1.49. The third kappa shape index (κ3) is 7.55. The van der Waals surface area contributed by atoms with Crippen LogP contribution in [0.2, 0.25) is 5.02 Å². The summed E-state index contributed by atoms with van der Waals surface area (Å²) in [6.07, 6.45) is 3.07. The molecule has 1 amide bonds. The van der Waals surface area contributed by atoms with Crippen molar-refractivity contribution in [2.75, 3.05) is 24.8 Å². The van der Waals surface area contributed by atoms with E-state index in [1.54, 1.807) is 48.5 Å². The van der Waals surface area contributed by atoms with Crippen LogP contribution in [-0.4, -0.2) is 44.0 Å². The SMILES string of the molecule is CS(=O)(=O)c1nnc(NC(=O)C(C#N)=Cc2ccc(OCCCOc3ccc(Cl)cc3)cc2)s1. The van der Waals surface area contributed by atoms with E-state index in [9.17, 15) is 18.5 Å². The Kier molecular flexibility index (Phi) is 8.59. The summed E-state index contributed by atoms with van der Waals surface area (Å²) in [5, 5.41) is 19.5. The number of amides is 1. The van der Waals surface area contributed by atoms with Gasteiger partial charge in [-0.2, -0.15) is 5.26 Å². The molecule has 0 bridgehead atoms. The standard InChI is InChI=1S/C22H19ClN4O5S2/c1-34(29,30)22-27-26-21(33-22)25-20(28)16(14-24)13-15-3-7-18(8-4-15)31-11-2-12-32-19-9-5-17(23)6-10-19/h3-10,13H,2,11-12H2,1H3,(H,25,26,28). The zero-order chi connectivity index (χ0) is 24.6. The third-order valence-corrected chi connectivity index (χ3v) is 6.90. The van der Waals surface area contributed by atoms with Crippen LogP contribution in [0.5, 0.6) is 11.5 Å². The van der Waals surface area contributed by atoms with Crippen LogP contribution >= 0.6 is 22.9 Å². The number of anilines is 1. The number of nitrogens with one attached hydrogen (secondary N) is 1. The zero-order valence-corrected chi connectivity index (χ0v) is 20.3. The highest BCUT2D eigenvalue weighted by molar-refractivity contribution is 7.92. The Labute approximate surface area is 205 Å². The highest BCUT2D eigenvalue weighted by Gasteiger charge is 2.17. The van der Waals surface area contributed by atoms with Gasteiger partial charge in [0.25, 0.3) is 5.91 Å². The number of hydrogen-bond donors (Lipinski definition) is 1. The van der Waals surface area contributed by atoms with E-state index in [0.29, 0.717) is 47.3 Å². The summed E-state index contributed by atoms with van der Waals surface area (Å²) in [6, 6.07) is 15.8. The van der Waals surface area contributed by atoms with Crippen molar-refractivity contribution < 1.29 is 22.7 Å². The van der Waals surface area contributed by atoms with Crippen molar-refractivity contribution >= 4 is 49.9 Å². The number of benzene rings is 2. The predicted molar refractivity (Wildman–Crippen MR) is 129 cm³/mol. The quantitative estimate of drug-likeness (QED) is 0.184. The topological polar surface area (TPSA) is 131 Å². The first-order chi connectivity index (χ1) is 16.2. The number of rotatable bonds is 10. The van der Waals surface area contributed by atoms with Gasteiger partial charge in [-0.15, -0.1) is 10.2 Å². The normalized spacial score (nSPS) is 11.5. The number of ether oxygens (including phenoxy) is 2. The van der Waals surface area contributed by atoms with Gasteiger partial charge in [0, 0.05) is 17.7 Å². The summed E-state index contributed by atoms with van der Waals surface area (Å²) < 4.78 is 34.0. The fourth-order valence-electron chi connectivity index (χ4n) is 2.52. The lowest BCUT2D eigenvalue weighted by atomic mass is 10.1. The van der Waals surface area contributed by atoms with Crippen molar-refractivity contribution in [1.29, 1.82) is 5.26 Å². The molecule has 176 valence electrons. The van der Waals surface area contributed by atoms with Gasteiger partial charge < -0.3 is 9.47 Å². The molecule has 0 saturated heterocycles. The molecule has 1 heterocycles. The highest BCUT2D eigenvalue weighted by Crippen LogP contribution is 2.21. The predicted octanol–water partition coefficient (Wildman–Crippen LogP) is 3.99. The van der Waals surface area contributed by atoms with E-state index in [4.69, 9.17) is 21.1 Å². The van der Waals surface area contributed by atoms with Crippen molar-refractivity contribution in [3.8, 4) is 17.6 Å². The molecule has 0 saturated carbocycles. The molecule has 9 nitrogen and oxygen atoms in total. The van der Waals surface area contributed by atoms with E-state index in [0.717, 1.165) is 12.0 Å². The Morgan fingerprint density at radius 2 is 1.68 bits per heavy atom. The van der Waals surface area contributed by atoms with Crippen molar-refractivity contribution in [2.45, 2.75) is 10.8 Å². The molecule has 3 rings (SSSR count). The molecule has 2 aromatic carbocycles. The first-order valence-electron chi connectivity index (χ1n) is 9.82. The second kappa shape index (κ2) is 11.6. The van der Waals surface area contributed by atoms with Gasteiger partial charge in [0.2, 0.25) is 19.3 Å². The van der Waals surface area contributed by atoms with Crippen LogP contribution in [0, 0.1) is 11.3 Å². The molecule has 0 aliphatic rings. The minimum atomic E-state index is -3.53. The van der Waals surface area contributed by atoms with Crippen molar-refractivity contribution in [3.63, 3.8) is 0 Å². The second-order valence-corrected chi connectivity index (χ2v) is 10.4. The van der Waals surface area contributed by atoms with Crippen LogP contribution in [0.25, 0.3) is 6.08 Å². The molecule has 0 unspecified atom stereocenters. The number of aromatic nitrogens is 2. The van der Waals surface area contributed by atoms with E-state index in [1.807, 2.05) is 6.07 Å². The molecule has 0 radical (unpaired) electrons. The number of carbonyl (C=O) groups excluding carboxylic acids is 1. The monoisotopic (exact) mass is 518 g/mol. The Hall–Kier alpha value is -3.46. The van der Waals surface area contributed by atoms with Crippen molar-refractivity contribution in [3.05, 3.63) is 64.7 Å². The molecule has 0 aliphatic carbocycles. The van der Waals surface area contributed by atoms with Gasteiger partial charge in [-0.25, -0.2) is 8.42 Å². The molecular formula is C22H19ClN4O5S2. The summed E-state index contributed by atoms with van der Waals surface area (Å²) in [4.78, 5) is 12.3. The maximum atomic E-state index is 12.3. The second-order valence-electron chi connectivity index (χ2n) is 6.84. The average molecular weight is 519 g/mol. The number of carbonyl (C=O) groups is 1. The van der Waals surface area contributed by atoms with Crippen LogP contribution in [0.4, 0.5) is 5.13 Å². The van der Waals surface area contributed by atoms with Gasteiger partial charge in [-0.1, -0.05) is 35.1 Å². The molecule has 0 spiro atoms. The van der Waals surface area contributed by atoms with Gasteiger partial charge in [-0.3, -0.25) is 10.1 Å². The lowest BCUT2D eigenvalue weighted by Crippen LogP contribution is -2.13. The molecule has 34 heavy (non-hydrogen) atoms. The number of nitriles is 1. The maximum absolute atomic E-state index is 12.3. The maximum Gasteiger partial charge on any atom is 0.268 e. The van der Waals surface area contributed by atoms with Crippen LogP contribution in [0.1, 0.15) is 12.0 Å². The van der Waals surface area contributed by atoms with E-state index < -0.39 is 15.7 Å². The van der Waals surface area contributed by atoms with Gasteiger partial charge in [0.1, 0.15) is 23.1 Å². The Morgan fingerprint density at radius 3 is 2.21 bits per heavy atom. The van der Waals surface area contributed by atoms with Gasteiger partial charge in [-0.05, 0) is 48.0 Å². The number of nitrogens with zero attached hydrogens (tertiary/aromatic N) is 3. The third-order valence-electron chi connectivity index (χ3n) is 4.14. The minimum Gasteiger partial charge on any atom is -0.493 e. The Morgan fingerprint density at radius 1 is 1.09 bits per heavy atom. The van der Waals surface area contributed by atoms with Crippen molar-refractivity contribution in [2.24, 2.45) is 0 Å². The van der Waals surface area contributed by atoms with Gasteiger partial charge in [0.15, 0.2) is 0 Å². The largest absolute Gasteiger partial charge is 0.493 e. The minimum absolute atomic E-state index is 0.0182. The molecule has 12 heteroatoms. The van der Waals surface area contributed by atoms with E-state index >= 15 is 0 Å². The Bertz CT molecular complexity index is 1310. The smallest absolute Gasteiger partial charge is 0.268 e. The lowest BCUT2D eigenvalue weighted by Gasteiger charge is -2.08. The molecule has 0 atom stereocenters. The van der Waals surface area contributed by atoms with Crippen LogP contribution in [0.15, 0.2) is 58.4 Å². The van der Waals surface area contributed by atoms with E-state index in [-0.39, 0.29) is 15.0 Å². The summed E-state index contributed by atoms with van der Waals surface area (Å²) in [6.45, 7) is 0.940. The van der Waals surface area contributed by atoms with Crippen molar-refractivity contribution in [1.82, 2.24) is 10.2 Å². The first kappa shape index (κ1) is 25.2. The fourth-order valence-corrected chi connectivity index (χ4v) is 4.15.